The van der Waals surface area contributed by atoms with Crippen LogP contribution in [-0.2, 0) is 14.6 Å². The van der Waals surface area contributed by atoms with Crippen LogP contribution in [0.4, 0.5) is 11.4 Å². The molecular formula is C21H25N3O3S. The Morgan fingerprint density at radius 1 is 0.964 bits per heavy atom. The van der Waals surface area contributed by atoms with Gasteiger partial charge >= 0.3 is 0 Å². The second kappa shape index (κ2) is 9.10. The van der Waals surface area contributed by atoms with Crippen molar-refractivity contribution in [1.82, 2.24) is 5.32 Å². The Bertz CT molecular complexity index is 925. The molecule has 7 heteroatoms. The smallest absolute Gasteiger partial charge is 0.223 e. The van der Waals surface area contributed by atoms with E-state index < -0.39 is 9.84 Å². The van der Waals surface area contributed by atoms with Crippen LogP contribution in [0.3, 0.4) is 0 Å². The maximum Gasteiger partial charge on any atom is 0.223 e. The van der Waals surface area contributed by atoms with E-state index in [4.69, 9.17) is 0 Å². The standard InChI is InChI=1S/C21H25N3O3S/c1-22-21(25)20-10-6-5-7-16(20)15-28(26,27)19-13-11-18(12-14-19)24-23-17-8-3-2-4-9-17/h2-4,8-9,11-14,16,20H,5-7,10,15H2,1H3,(H,22,25). The van der Waals surface area contributed by atoms with Crippen molar-refractivity contribution in [2.75, 3.05) is 12.8 Å². The summed E-state index contributed by atoms with van der Waals surface area (Å²) in [4.78, 5) is 12.4. The minimum absolute atomic E-state index is 0.00400. The van der Waals surface area contributed by atoms with Gasteiger partial charge in [0.2, 0.25) is 5.91 Å². The number of nitrogens with zero attached hydrogens (tertiary/aromatic N) is 2. The van der Waals surface area contributed by atoms with Crippen LogP contribution in [0, 0.1) is 11.8 Å². The van der Waals surface area contributed by atoms with Gasteiger partial charge in [0.15, 0.2) is 9.84 Å². The molecule has 6 nitrogen and oxygen atoms in total. The summed E-state index contributed by atoms with van der Waals surface area (Å²) >= 11 is 0. The number of carbonyl (C=O) groups excluding carboxylic acids is 1. The molecule has 1 aliphatic rings. The molecule has 1 amide bonds. The zero-order chi connectivity index (χ0) is 20.0. The Morgan fingerprint density at radius 3 is 2.21 bits per heavy atom. The topological polar surface area (TPSA) is 88.0 Å². The van der Waals surface area contributed by atoms with Gasteiger partial charge in [-0.2, -0.15) is 10.2 Å². The number of hydrogen-bond acceptors (Lipinski definition) is 5. The highest BCUT2D eigenvalue weighted by Gasteiger charge is 2.34. The first-order valence-electron chi connectivity index (χ1n) is 9.51. The summed E-state index contributed by atoms with van der Waals surface area (Å²) in [5.74, 6) is -0.434. The summed E-state index contributed by atoms with van der Waals surface area (Å²) in [6.07, 6.45) is 3.45. The first-order chi connectivity index (χ1) is 13.5. The molecule has 0 bridgehead atoms. The van der Waals surface area contributed by atoms with E-state index >= 15 is 0 Å². The lowest BCUT2D eigenvalue weighted by Crippen LogP contribution is -2.37. The van der Waals surface area contributed by atoms with Crippen LogP contribution < -0.4 is 5.32 Å². The predicted molar refractivity (Wildman–Crippen MR) is 109 cm³/mol. The van der Waals surface area contributed by atoms with E-state index in [1.165, 1.54) is 0 Å². The van der Waals surface area contributed by atoms with Crippen molar-refractivity contribution in [3.63, 3.8) is 0 Å². The monoisotopic (exact) mass is 399 g/mol. The quantitative estimate of drug-likeness (QED) is 0.729. The maximum absolute atomic E-state index is 12.9. The van der Waals surface area contributed by atoms with E-state index in [-0.39, 0.29) is 28.4 Å². The molecule has 1 N–H and O–H groups in total. The first-order valence-corrected chi connectivity index (χ1v) is 11.2. The van der Waals surface area contributed by atoms with Crippen LogP contribution in [0.5, 0.6) is 0 Å². The van der Waals surface area contributed by atoms with Crippen molar-refractivity contribution in [2.45, 2.75) is 30.6 Å². The summed E-state index contributed by atoms with van der Waals surface area (Å²) in [5.41, 5.74) is 1.32. The Labute approximate surface area is 166 Å². The predicted octanol–water partition coefficient (Wildman–Crippen LogP) is 4.43. The molecule has 0 spiro atoms. The number of amides is 1. The average molecular weight is 400 g/mol. The van der Waals surface area contributed by atoms with Gasteiger partial charge < -0.3 is 5.32 Å². The molecule has 28 heavy (non-hydrogen) atoms. The Balaban J connectivity index is 1.71. The van der Waals surface area contributed by atoms with E-state index in [1.54, 1.807) is 31.3 Å². The van der Waals surface area contributed by atoms with Crippen LogP contribution in [0.2, 0.25) is 0 Å². The molecular weight excluding hydrogens is 374 g/mol. The van der Waals surface area contributed by atoms with E-state index in [9.17, 15) is 13.2 Å². The Hall–Kier alpha value is -2.54. The zero-order valence-corrected chi connectivity index (χ0v) is 16.7. The molecule has 148 valence electrons. The number of carbonyl (C=O) groups is 1. The molecule has 0 aromatic heterocycles. The molecule has 1 saturated carbocycles. The van der Waals surface area contributed by atoms with Gasteiger partial charge in [0.05, 0.1) is 22.0 Å². The highest BCUT2D eigenvalue weighted by Crippen LogP contribution is 2.33. The van der Waals surface area contributed by atoms with Crippen molar-refractivity contribution in [3.05, 3.63) is 54.6 Å². The van der Waals surface area contributed by atoms with Crippen LogP contribution in [0.25, 0.3) is 0 Å². The fraction of sp³-hybridized carbons (Fsp3) is 0.381. The van der Waals surface area contributed by atoms with Crippen molar-refractivity contribution in [1.29, 1.82) is 0 Å². The third-order valence-electron chi connectivity index (χ3n) is 5.16. The number of hydrogen-bond donors (Lipinski definition) is 1. The molecule has 3 rings (SSSR count). The summed E-state index contributed by atoms with van der Waals surface area (Å²) in [5, 5.41) is 10.9. The van der Waals surface area contributed by atoms with Crippen LogP contribution in [0.1, 0.15) is 25.7 Å². The fourth-order valence-electron chi connectivity index (χ4n) is 3.65. The van der Waals surface area contributed by atoms with Crippen molar-refractivity contribution < 1.29 is 13.2 Å². The number of azo groups is 1. The van der Waals surface area contributed by atoms with Gasteiger partial charge in [-0.15, -0.1) is 0 Å². The van der Waals surface area contributed by atoms with Crippen LogP contribution >= 0.6 is 0 Å². The Morgan fingerprint density at radius 2 is 1.57 bits per heavy atom. The summed E-state index contributed by atoms with van der Waals surface area (Å²) < 4.78 is 25.7. The van der Waals surface area contributed by atoms with E-state index in [0.717, 1.165) is 31.4 Å². The number of sulfone groups is 1. The lowest BCUT2D eigenvalue weighted by Gasteiger charge is -2.29. The van der Waals surface area contributed by atoms with Gasteiger partial charge in [-0.05, 0) is 55.2 Å². The third kappa shape index (κ3) is 5.04. The number of nitrogens with one attached hydrogen (secondary N) is 1. The Kier molecular flexibility index (Phi) is 6.57. The van der Waals surface area contributed by atoms with Gasteiger partial charge in [0.25, 0.3) is 0 Å². The van der Waals surface area contributed by atoms with Crippen LogP contribution in [0.15, 0.2) is 69.7 Å². The number of benzene rings is 2. The summed E-state index contributed by atoms with van der Waals surface area (Å²) in [7, 11) is -1.87. The van der Waals surface area contributed by atoms with E-state index in [0.29, 0.717) is 5.69 Å². The molecule has 1 fully saturated rings. The SMILES string of the molecule is CNC(=O)C1CCCCC1CS(=O)(=O)c1ccc(N=Nc2ccccc2)cc1. The molecule has 2 atom stereocenters. The lowest BCUT2D eigenvalue weighted by atomic mass is 9.80. The van der Waals surface area contributed by atoms with Gasteiger partial charge in [0, 0.05) is 13.0 Å². The molecule has 2 aromatic carbocycles. The van der Waals surface area contributed by atoms with Gasteiger partial charge in [-0.25, -0.2) is 8.42 Å². The molecule has 0 radical (unpaired) electrons. The average Bonchev–Trinajstić information content (AvgIpc) is 2.73. The summed E-state index contributed by atoms with van der Waals surface area (Å²) in [6.45, 7) is 0. The van der Waals surface area contributed by atoms with E-state index in [2.05, 4.69) is 15.5 Å². The van der Waals surface area contributed by atoms with Crippen molar-refractivity contribution in [3.8, 4) is 0 Å². The fourth-order valence-corrected chi connectivity index (χ4v) is 5.35. The van der Waals surface area contributed by atoms with Crippen molar-refractivity contribution in [2.24, 2.45) is 22.1 Å². The zero-order valence-electron chi connectivity index (χ0n) is 15.9. The molecule has 2 aromatic rings. The van der Waals surface area contributed by atoms with Gasteiger partial charge in [-0.1, -0.05) is 31.0 Å². The van der Waals surface area contributed by atoms with Crippen molar-refractivity contribution >= 4 is 27.1 Å². The molecule has 0 heterocycles. The summed E-state index contributed by atoms with van der Waals surface area (Å²) in [6, 6.07) is 15.8. The van der Waals surface area contributed by atoms with Crippen LogP contribution in [-0.4, -0.2) is 27.1 Å². The second-order valence-corrected chi connectivity index (χ2v) is 9.11. The first kappa shape index (κ1) is 20.2. The van der Waals surface area contributed by atoms with Gasteiger partial charge in [0.1, 0.15) is 0 Å². The highest BCUT2D eigenvalue weighted by atomic mass is 32.2. The highest BCUT2D eigenvalue weighted by molar-refractivity contribution is 7.91. The third-order valence-corrected chi connectivity index (χ3v) is 7.02. The lowest BCUT2D eigenvalue weighted by molar-refractivity contribution is -0.126. The molecule has 1 aliphatic carbocycles. The largest absolute Gasteiger partial charge is 0.359 e. The molecule has 0 saturated heterocycles. The maximum atomic E-state index is 12.9. The molecule has 0 aliphatic heterocycles. The molecule has 2 unspecified atom stereocenters. The minimum atomic E-state index is -3.47. The number of rotatable bonds is 6. The second-order valence-electron chi connectivity index (χ2n) is 7.08. The normalized spacial score (nSPS) is 20.2. The minimum Gasteiger partial charge on any atom is -0.359 e. The van der Waals surface area contributed by atoms with Gasteiger partial charge in [-0.3, -0.25) is 4.79 Å². The van der Waals surface area contributed by atoms with E-state index in [1.807, 2.05) is 30.3 Å².